The molecular formula is C15H22CoN2O5. The topological polar surface area (TPSA) is 130 Å². The number of rotatable bonds is 4. The Morgan fingerprint density at radius 3 is 1.87 bits per heavy atom. The molecule has 0 heterocycles. The van der Waals surface area contributed by atoms with Gasteiger partial charge in [-0.3, -0.25) is 9.59 Å². The summed E-state index contributed by atoms with van der Waals surface area (Å²) in [5.74, 6) is -2.08. The van der Waals surface area contributed by atoms with E-state index in [0.717, 1.165) is 0 Å². The zero-order valence-corrected chi connectivity index (χ0v) is 14.5. The number of allylic oxidation sites excluding steroid dienone is 5. The van der Waals surface area contributed by atoms with Gasteiger partial charge in [0.1, 0.15) is 11.1 Å². The summed E-state index contributed by atoms with van der Waals surface area (Å²) in [4.78, 5) is 31.9. The van der Waals surface area contributed by atoms with Gasteiger partial charge in [0.25, 0.3) is 0 Å². The average Bonchev–Trinajstić information content (AvgIpc) is 2.37. The first kappa shape index (κ1) is 23.4. The van der Waals surface area contributed by atoms with Crippen molar-refractivity contribution in [3.05, 3.63) is 36.1 Å². The Hall–Kier alpha value is -1.90. The molecule has 8 heteroatoms. The van der Waals surface area contributed by atoms with Crippen LogP contribution in [0.25, 0.3) is 0 Å². The summed E-state index contributed by atoms with van der Waals surface area (Å²) in [5, 5.41) is 19.6. The Morgan fingerprint density at radius 1 is 1.09 bits per heavy atom. The predicted octanol–water partition coefficient (Wildman–Crippen LogP) is 0.824. The third-order valence-electron chi connectivity index (χ3n) is 2.59. The van der Waals surface area contributed by atoms with Crippen LogP contribution in [-0.2, 0) is 31.2 Å². The Balaban J connectivity index is 0. The Morgan fingerprint density at radius 2 is 1.52 bits per heavy atom. The van der Waals surface area contributed by atoms with Crippen LogP contribution in [-0.4, -0.2) is 39.0 Å². The molecule has 1 aliphatic rings. The molecule has 1 radical (unpaired) electrons. The van der Waals surface area contributed by atoms with E-state index in [1.165, 1.54) is 40.0 Å². The normalized spacial score (nSPS) is 15.3. The number of aliphatic carboxylic acids is 2. The van der Waals surface area contributed by atoms with Crippen LogP contribution in [0.15, 0.2) is 36.1 Å². The van der Waals surface area contributed by atoms with E-state index < -0.39 is 23.0 Å². The van der Waals surface area contributed by atoms with Crippen molar-refractivity contribution < 1.29 is 41.4 Å². The van der Waals surface area contributed by atoms with E-state index in [0.29, 0.717) is 5.57 Å². The van der Waals surface area contributed by atoms with Crippen molar-refractivity contribution >= 4 is 17.7 Å². The Kier molecular flexibility index (Phi) is 9.43. The molecule has 0 unspecified atom stereocenters. The second kappa shape index (κ2) is 9.28. The molecule has 0 bridgehead atoms. The summed E-state index contributed by atoms with van der Waals surface area (Å²) >= 11 is 0. The van der Waals surface area contributed by atoms with E-state index >= 15 is 0 Å². The number of carbonyl (C=O) groups is 3. The molecule has 0 aliphatic heterocycles. The van der Waals surface area contributed by atoms with Gasteiger partial charge in [-0.2, -0.15) is 0 Å². The summed E-state index contributed by atoms with van der Waals surface area (Å²) in [7, 11) is 0. The summed E-state index contributed by atoms with van der Waals surface area (Å²) < 4.78 is 0. The number of carboxylic acid groups (broad SMARTS) is 2. The molecule has 0 aromatic heterocycles. The first-order valence-electron chi connectivity index (χ1n) is 6.50. The van der Waals surface area contributed by atoms with Crippen molar-refractivity contribution in [3.8, 4) is 0 Å². The molecule has 1 rings (SSSR count). The van der Waals surface area contributed by atoms with Crippen LogP contribution in [0.5, 0.6) is 0 Å². The molecule has 5 N–H and O–H groups in total. The van der Waals surface area contributed by atoms with Crippen LogP contribution in [0.2, 0.25) is 0 Å². The minimum absolute atomic E-state index is 0. The van der Waals surface area contributed by atoms with E-state index in [1.807, 2.05) is 0 Å². The molecule has 0 spiro atoms. The molecule has 7 nitrogen and oxygen atoms in total. The van der Waals surface area contributed by atoms with Gasteiger partial charge in [-0.05, 0) is 39.8 Å². The van der Waals surface area contributed by atoms with Gasteiger partial charge in [0.15, 0.2) is 5.78 Å². The van der Waals surface area contributed by atoms with E-state index in [1.54, 1.807) is 18.2 Å². The van der Waals surface area contributed by atoms with Crippen molar-refractivity contribution in [1.82, 2.24) is 5.32 Å². The molecule has 0 fully saturated rings. The third-order valence-corrected chi connectivity index (χ3v) is 2.59. The van der Waals surface area contributed by atoms with Crippen LogP contribution >= 0.6 is 0 Å². The van der Waals surface area contributed by atoms with Gasteiger partial charge in [-0.1, -0.05) is 12.2 Å². The minimum atomic E-state index is -1.08. The maximum atomic E-state index is 11.3. The average molecular weight is 369 g/mol. The maximum absolute atomic E-state index is 11.3. The number of hydrogen-bond donors (Lipinski definition) is 4. The second-order valence-corrected chi connectivity index (χ2v) is 5.78. The number of carbonyl (C=O) groups excluding carboxylic acids is 1. The van der Waals surface area contributed by atoms with Gasteiger partial charge in [0, 0.05) is 28.6 Å². The summed E-state index contributed by atoms with van der Waals surface area (Å²) in [5.41, 5.74) is 3.37. The molecule has 23 heavy (non-hydrogen) atoms. The van der Waals surface area contributed by atoms with Crippen LogP contribution in [0.3, 0.4) is 0 Å². The number of nitrogens with two attached hydrogens (primary N) is 1. The number of ketones is 1. The molecule has 131 valence electrons. The van der Waals surface area contributed by atoms with Gasteiger partial charge >= 0.3 is 11.9 Å². The zero-order valence-electron chi connectivity index (χ0n) is 13.4. The monoisotopic (exact) mass is 369 g/mol. The third kappa shape index (κ3) is 8.96. The fourth-order valence-corrected chi connectivity index (χ4v) is 0.920. The first-order valence-corrected chi connectivity index (χ1v) is 6.50. The van der Waals surface area contributed by atoms with Gasteiger partial charge < -0.3 is 21.3 Å². The minimum Gasteiger partial charge on any atom is -0.480 e. The van der Waals surface area contributed by atoms with Crippen LogP contribution in [0.1, 0.15) is 27.7 Å². The van der Waals surface area contributed by atoms with Crippen molar-refractivity contribution in [2.75, 3.05) is 0 Å². The summed E-state index contributed by atoms with van der Waals surface area (Å²) in [6.07, 6.45) is 7.86. The predicted molar refractivity (Wildman–Crippen MR) is 82.1 cm³/mol. The standard InChI is InChI=1S/C11H13NO3.C4H9NO2.Co/c1-11(2,10(14)15)12-7-8-5-3-4-6-9(8)13;1-4(2,5)3(6)7;/h3-7,12H,1-2H3,(H,14,15);5H2,1-2H3,(H,6,7);/b8-7-;;. The Bertz CT molecular complexity index is 543. The molecule has 0 saturated heterocycles. The van der Waals surface area contributed by atoms with Crippen molar-refractivity contribution in [2.45, 2.75) is 38.8 Å². The molecule has 0 amide bonds. The zero-order chi connectivity index (χ0) is 17.6. The largest absolute Gasteiger partial charge is 0.480 e. The Labute approximate surface area is 145 Å². The SMILES string of the molecule is CC(C)(N)C(=O)O.CC(C)(N/C=C1/C=CC=CC1=O)C(=O)O.[Co]. The van der Waals surface area contributed by atoms with Gasteiger partial charge in [-0.15, -0.1) is 0 Å². The summed E-state index contributed by atoms with van der Waals surface area (Å²) in [6.45, 7) is 5.93. The molecule has 0 aromatic carbocycles. The van der Waals surface area contributed by atoms with Crippen LogP contribution < -0.4 is 11.1 Å². The molecule has 0 aromatic rings. The summed E-state index contributed by atoms with van der Waals surface area (Å²) in [6, 6.07) is 0. The molecule has 0 saturated carbocycles. The van der Waals surface area contributed by atoms with Gasteiger partial charge in [0.05, 0.1) is 0 Å². The van der Waals surface area contributed by atoms with Crippen LogP contribution in [0.4, 0.5) is 0 Å². The molecular weight excluding hydrogens is 347 g/mol. The maximum Gasteiger partial charge on any atom is 0.328 e. The molecule has 0 atom stereocenters. The first-order chi connectivity index (χ1) is 9.88. The van der Waals surface area contributed by atoms with Gasteiger partial charge in [0.2, 0.25) is 0 Å². The quantitative estimate of drug-likeness (QED) is 0.540. The van der Waals surface area contributed by atoms with E-state index in [9.17, 15) is 14.4 Å². The fraction of sp³-hybridized carbons (Fsp3) is 0.400. The second-order valence-electron chi connectivity index (χ2n) is 5.78. The van der Waals surface area contributed by atoms with E-state index in [-0.39, 0.29) is 22.6 Å². The van der Waals surface area contributed by atoms with E-state index in [2.05, 4.69) is 5.32 Å². The van der Waals surface area contributed by atoms with Crippen LogP contribution in [0, 0.1) is 0 Å². The molecule has 1 aliphatic carbocycles. The number of hydrogen-bond acceptors (Lipinski definition) is 5. The fourth-order valence-electron chi connectivity index (χ4n) is 0.920. The van der Waals surface area contributed by atoms with Crippen molar-refractivity contribution in [3.63, 3.8) is 0 Å². The van der Waals surface area contributed by atoms with Gasteiger partial charge in [-0.25, -0.2) is 4.79 Å². The smallest absolute Gasteiger partial charge is 0.328 e. The number of nitrogens with one attached hydrogen (secondary N) is 1. The van der Waals surface area contributed by atoms with Crippen molar-refractivity contribution in [1.29, 1.82) is 0 Å². The van der Waals surface area contributed by atoms with E-state index in [4.69, 9.17) is 15.9 Å². The van der Waals surface area contributed by atoms with Crippen molar-refractivity contribution in [2.24, 2.45) is 5.73 Å². The number of carboxylic acids is 2.